The highest BCUT2D eigenvalue weighted by Gasteiger charge is 2.31. The number of amides is 2. The summed E-state index contributed by atoms with van der Waals surface area (Å²) in [4.78, 5) is 38.3. The molecule has 1 aliphatic carbocycles. The fraction of sp³-hybridized carbons (Fsp3) is 0.591. The van der Waals surface area contributed by atoms with Crippen LogP contribution in [-0.4, -0.2) is 53.0 Å². The van der Waals surface area contributed by atoms with Gasteiger partial charge in [0.15, 0.2) is 0 Å². The first-order chi connectivity index (χ1) is 13.7. The Labute approximate surface area is 172 Å². The molecule has 7 nitrogen and oxygen atoms in total. The Morgan fingerprint density at radius 2 is 1.79 bits per heavy atom. The van der Waals surface area contributed by atoms with Gasteiger partial charge in [0.1, 0.15) is 6.04 Å². The van der Waals surface area contributed by atoms with Crippen LogP contribution in [0.5, 0.6) is 0 Å². The van der Waals surface area contributed by atoms with Crippen molar-refractivity contribution in [3.63, 3.8) is 0 Å². The zero-order chi connectivity index (χ0) is 21.6. The van der Waals surface area contributed by atoms with Gasteiger partial charge in [-0.25, -0.2) is 4.79 Å². The largest absolute Gasteiger partial charge is 0.480 e. The molecule has 0 spiro atoms. The number of para-hydroxylation sites is 1. The Morgan fingerprint density at radius 3 is 2.31 bits per heavy atom. The van der Waals surface area contributed by atoms with Crippen LogP contribution in [-0.2, 0) is 14.4 Å². The molecule has 0 heterocycles. The zero-order valence-electron chi connectivity index (χ0n) is 17.8. The molecule has 1 aromatic rings. The monoisotopic (exact) mass is 403 g/mol. The van der Waals surface area contributed by atoms with Crippen LogP contribution in [0, 0.1) is 19.8 Å². The Bertz CT molecular complexity index is 725. The molecule has 2 unspecified atom stereocenters. The van der Waals surface area contributed by atoms with Gasteiger partial charge in [0.2, 0.25) is 11.8 Å². The molecule has 1 fully saturated rings. The first kappa shape index (κ1) is 22.9. The average molecular weight is 404 g/mol. The van der Waals surface area contributed by atoms with Gasteiger partial charge in [0.05, 0.1) is 6.54 Å². The van der Waals surface area contributed by atoms with E-state index >= 15 is 0 Å². The number of carbonyl (C=O) groups excluding carboxylic acids is 2. The number of nitrogens with zero attached hydrogens (tertiary/aromatic N) is 1. The molecule has 1 aromatic carbocycles. The van der Waals surface area contributed by atoms with Crippen molar-refractivity contribution in [2.75, 3.05) is 18.4 Å². The standard InChI is InChI=1S/C22H33N3O4/c1-5-14(2)21(22(28)29)23-18(26)11-12-25(17-9-10-17)13-19(27)24-20-15(3)7-6-8-16(20)4/h6-8,14,17,21H,5,9-13H2,1-4H3,(H,23,26)(H,24,27)(H,28,29). The maximum atomic E-state index is 12.6. The van der Waals surface area contributed by atoms with Gasteiger partial charge in [-0.2, -0.15) is 0 Å². The van der Waals surface area contributed by atoms with E-state index < -0.39 is 12.0 Å². The number of anilines is 1. The topological polar surface area (TPSA) is 98.7 Å². The van der Waals surface area contributed by atoms with E-state index in [0.717, 1.165) is 29.7 Å². The van der Waals surface area contributed by atoms with Gasteiger partial charge in [-0.05, 0) is 43.7 Å². The first-order valence-corrected chi connectivity index (χ1v) is 10.3. The summed E-state index contributed by atoms with van der Waals surface area (Å²) in [6.07, 6.45) is 2.88. The van der Waals surface area contributed by atoms with E-state index in [1.807, 2.05) is 50.8 Å². The molecule has 2 atom stereocenters. The first-order valence-electron chi connectivity index (χ1n) is 10.3. The maximum absolute atomic E-state index is 12.6. The summed E-state index contributed by atoms with van der Waals surface area (Å²) in [5.41, 5.74) is 2.87. The molecule has 1 aliphatic rings. The van der Waals surface area contributed by atoms with E-state index in [4.69, 9.17) is 0 Å². The number of carboxylic acids is 1. The summed E-state index contributed by atoms with van der Waals surface area (Å²) in [6, 6.07) is 5.31. The van der Waals surface area contributed by atoms with Gasteiger partial charge in [-0.3, -0.25) is 14.5 Å². The van der Waals surface area contributed by atoms with Crippen LogP contribution in [0.25, 0.3) is 0 Å². The molecule has 3 N–H and O–H groups in total. The summed E-state index contributed by atoms with van der Waals surface area (Å²) >= 11 is 0. The van der Waals surface area contributed by atoms with E-state index in [0.29, 0.717) is 19.0 Å². The fourth-order valence-corrected chi connectivity index (χ4v) is 3.38. The molecule has 160 valence electrons. The van der Waals surface area contributed by atoms with Gasteiger partial charge in [-0.1, -0.05) is 38.5 Å². The molecular formula is C22H33N3O4. The van der Waals surface area contributed by atoms with Crippen molar-refractivity contribution in [2.24, 2.45) is 5.92 Å². The third-order valence-electron chi connectivity index (χ3n) is 5.58. The van der Waals surface area contributed by atoms with Crippen LogP contribution >= 0.6 is 0 Å². The second kappa shape index (κ2) is 10.4. The van der Waals surface area contributed by atoms with E-state index in [1.165, 1.54) is 0 Å². The zero-order valence-corrected chi connectivity index (χ0v) is 17.8. The third kappa shape index (κ3) is 6.85. The minimum absolute atomic E-state index is 0.0993. The average Bonchev–Trinajstić information content (AvgIpc) is 3.50. The second-order valence-electron chi connectivity index (χ2n) is 8.04. The molecule has 0 bridgehead atoms. The molecule has 0 radical (unpaired) electrons. The number of aryl methyl sites for hydroxylation is 2. The van der Waals surface area contributed by atoms with E-state index in [1.54, 1.807) is 0 Å². The normalized spacial score (nSPS) is 15.6. The van der Waals surface area contributed by atoms with Crippen LogP contribution < -0.4 is 10.6 Å². The second-order valence-corrected chi connectivity index (χ2v) is 8.04. The molecule has 2 amide bonds. The Kier molecular flexibility index (Phi) is 8.20. The summed E-state index contributed by atoms with van der Waals surface area (Å²) < 4.78 is 0. The van der Waals surface area contributed by atoms with Crippen LogP contribution in [0.3, 0.4) is 0 Å². The van der Waals surface area contributed by atoms with Gasteiger partial charge in [-0.15, -0.1) is 0 Å². The van der Waals surface area contributed by atoms with Crippen molar-refractivity contribution in [3.8, 4) is 0 Å². The highest BCUT2D eigenvalue weighted by atomic mass is 16.4. The predicted molar refractivity (Wildman–Crippen MR) is 113 cm³/mol. The number of hydrogen-bond acceptors (Lipinski definition) is 4. The summed E-state index contributed by atoms with van der Waals surface area (Å²) in [5, 5.41) is 14.9. The summed E-state index contributed by atoms with van der Waals surface area (Å²) in [5.74, 6) is -1.55. The van der Waals surface area contributed by atoms with Gasteiger partial charge in [0.25, 0.3) is 0 Å². The quantitative estimate of drug-likeness (QED) is 0.528. The number of carbonyl (C=O) groups is 3. The van der Waals surface area contributed by atoms with E-state index in [2.05, 4.69) is 10.6 Å². The predicted octanol–water partition coefficient (Wildman–Crippen LogP) is 2.71. The smallest absolute Gasteiger partial charge is 0.326 e. The van der Waals surface area contributed by atoms with Crippen molar-refractivity contribution in [3.05, 3.63) is 29.3 Å². The Balaban J connectivity index is 1.89. The van der Waals surface area contributed by atoms with Crippen LogP contribution in [0.1, 0.15) is 50.7 Å². The molecule has 0 aliphatic heterocycles. The number of carboxylic acid groups (broad SMARTS) is 1. The molecule has 7 heteroatoms. The van der Waals surface area contributed by atoms with Crippen LogP contribution in [0.2, 0.25) is 0 Å². The summed E-state index contributed by atoms with van der Waals surface area (Å²) in [7, 11) is 0. The third-order valence-corrected chi connectivity index (χ3v) is 5.58. The lowest BCUT2D eigenvalue weighted by Crippen LogP contribution is -2.46. The van der Waals surface area contributed by atoms with Gasteiger partial charge in [0, 0.05) is 24.7 Å². The molecular weight excluding hydrogens is 370 g/mol. The number of rotatable bonds is 11. The van der Waals surface area contributed by atoms with Gasteiger partial charge >= 0.3 is 5.97 Å². The summed E-state index contributed by atoms with van der Waals surface area (Å²) in [6.45, 7) is 8.29. The molecule has 1 saturated carbocycles. The maximum Gasteiger partial charge on any atom is 0.326 e. The van der Waals surface area contributed by atoms with E-state index in [9.17, 15) is 19.5 Å². The van der Waals surface area contributed by atoms with Crippen LogP contribution in [0.15, 0.2) is 18.2 Å². The van der Waals surface area contributed by atoms with Crippen molar-refractivity contribution in [1.82, 2.24) is 10.2 Å². The number of hydrogen-bond donors (Lipinski definition) is 3. The van der Waals surface area contributed by atoms with Crippen molar-refractivity contribution < 1.29 is 19.5 Å². The van der Waals surface area contributed by atoms with Gasteiger partial charge < -0.3 is 15.7 Å². The number of benzene rings is 1. The molecule has 2 rings (SSSR count). The lowest BCUT2D eigenvalue weighted by molar-refractivity contribution is -0.143. The minimum atomic E-state index is -1.01. The fourth-order valence-electron chi connectivity index (χ4n) is 3.38. The lowest BCUT2D eigenvalue weighted by Gasteiger charge is -2.23. The lowest BCUT2D eigenvalue weighted by atomic mass is 9.99. The SMILES string of the molecule is CCC(C)C(NC(=O)CCN(CC(=O)Nc1c(C)cccc1C)C1CC1)C(=O)O. The van der Waals surface area contributed by atoms with Crippen molar-refractivity contribution in [1.29, 1.82) is 0 Å². The molecule has 0 saturated heterocycles. The Morgan fingerprint density at radius 1 is 1.17 bits per heavy atom. The number of nitrogens with one attached hydrogen (secondary N) is 2. The Hall–Kier alpha value is -2.41. The van der Waals surface area contributed by atoms with Crippen molar-refractivity contribution >= 4 is 23.5 Å². The molecule has 0 aromatic heterocycles. The highest BCUT2D eigenvalue weighted by molar-refractivity contribution is 5.93. The highest BCUT2D eigenvalue weighted by Crippen LogP contribution is 2.27. The minimum Gasteiger partial charge on any atom is -0.480 e. The van der Waals surface area contributed by atoms with E-state index in [-0.39, 0.29) is 30.7 Å². The van der Waals surface area contributed by atoms with Crippen LogP contribution in [0.4, 0.5) is 5.69 Å². The van der Waals surface area contributed by atoms with Crippen molar-refractivity contribution in [2.45, 2.75) is 65.5 Å². The number of aliphatic carboxylic acids is 1. The molecule has 29 heavy (non-hydrogen) atoms.